The van der Waals surface area contributed by atoms with Gasteiger partial charge in [0.1, 0.15) is 18.1 Å². The molecule has 0 saturated heterocycles. The van der Waals surface area contributed by atoms with Gasteiger partial charge in [-0.25, -0.2) is 0 Å². The SMILES string of the molecule is COc1ccc(/C=c2\sc3nc(C4COc5ccccc5O4)nn3c2=O)c(OC)c1. The Morgan fingerprint density at radius 1 is 1.17 bits per heavy atom. The van der Waals surface area contributed by atoms with Gasteiger partial charge in [0, 0.05) is 11.6 Å². The Morgan fingerprint density at radius 3 is 2.77 bits per heavy atom. The molecular weight excluding hydrogens is 406 g/mol. The van der Waals surface area contributed by atoms with Crippen LogP contribution in [0.3, 0.4) is 0 Å². The van der Waals surface area contributed by atoms with Gasteiger partial charge in [-0.05, 0) is 30.3 Å². The minimum absolute atomic E-state index is 0.247. The van der Waals surface area contributed by atoms with Gasteiger partial charge in [0.15, 0.2) is 23.4 Å². The van der Waals surface area contributed by atoms with Crippen LogP contribution in [0.4, 0.5) is 0 Å². The number of hydrogen-bond donors (Lipinski definition) is 0. The molecule has 0 amide bonds. The second-order valence-electron chi connectivity index (χ2n) is 6.55. The summed E-state index contributed by atoms with van der Waals surface area (Å²) in [5, 5.41) is 4.37. The second-order valence-corrected chi connectivity index (χ2v) is 7.56. The van der Waals surface area contributed by atoms with E-state index in [1.807, 2.05) is 36.4 Å². The van der Waals surface area contributed by atoms with Crippen molar-refractivity contribution in [2.75, 3.05) is 20.8 Å². The highest BCUT2D eigenvalue weighted by Gasteiger charge is 2.27. The summed E-state index contributed by atoms with van der Waals surface area (Å²) in [6.45, 7) is 0.283. The highest BCUT2D eigenvalue weighted by Crippen LogP contribution is 2.35. The van der Waals surface area contributed by atoms with Crippen molar-refractivity contribution in [3.8, 4) is 23.0 Å². The van der Waals surface area contributed by atoms with Gasteiger partial charge in [-0.3, -0.25) is 4.79 Å². The molecule has 152 valence electrons. The molecule has 1 atom stereocenters. The number of hydrogen-bond acceptors (Lipinski definition) is 8. The van der Waals surface area contributed by atoms with Crippen LogP contribution >= 0.6 is 11.3 Å². The molecule has 0 radical (unpaired) electrons. The first-order valence-corrected chi connectivity index (χ1v) is 9.99. The molecule has 2 aromatic heterocycles. The van der Waals surface area contributed by atoms with Crippen LogP contribution in [0.25, 0.3) is 11.0 Å². The number of ether oxygens (including phenoxy) is 4. The lowest BCUT2D eigenvalue weighted by Gasteiger charge is -2.24. The van der Waals surface area contributed by atoms with E-state index in [1.165, 1.54) is 15.9 Å². The third kappa shape index (κ3) is 3.13. The van der Waals surface area contributed by atoms with Crippen molar-refractivity contribution in [2.45, 2.75) is 6.10 Å². The van der Waals surface area contributed by atoms with Crippen LogP contribution in [0.2, 0.25) is 0 Å². The Bertz CT molecular complexity index is 1350. The maximum atomic E-state index is 12.9. The summed E-state index contributed by atoms with van der Waals surface area (Å²) in [6.07, 6.45) is 1.29. The molecule has 9 heteroatoms. The lowest BCUT2D eigenvalue weighted by molar-refractivity contribution is 0.0852. The molecule has 0 spiro atoms. The molecule has 1 aliphatic rings. The van der Waals surface area contributed by atoms with Gasteiger partial charge in [-0.15, -0.1) is 5.10 Å². The third-order valence-electron chi connectivity index (χ3n) is 4.72. The van der Waals surface area contributed by atoms with Crippen molar-refractivity contribution in [1.82, 2.24) is 14.6 Å². The van der Waals surface area contributed by atoms with Gasteiger partial charge in [-0.1, -0.05) is 23.5 Å². The van der Waals surface area contributed by atoms with E-state index >= 15 is 0 Å². The fraction of sp³-hybridized carbons (Fsp3) is 0.190. The smallest absolute Gasteiger partial charge is 0.291 e. The van der Waals surface area contributed by atoms with Crippen molar-refractivity contribution in [3.05, 3.63) is 68.7 Å². The molecule has 5 rings (SSSR count). The molecule has 30 heavy (non-hydrogen) atoms. The van der Waals surface area contributed by atoms with Crippen LogP contribution in [-0.2, 0) is 0 Å². The second kappa shape index (κ2) is 7.34. The molecule has 0 aliphatic carbocycles. The zero-order chi connectivity index (χ0) is 20.7. The number of benzene rings is 2. The lowest BCUT2D eigenvalue weighted by Crippen LogP contribution is -2.26. The maximum Gasteiger partial charge on any atom is 0.291 e. The number of methoxy groups -OCH3 is 2. The van der Waals surface area contributed by atoms with E-state index < -0.39 is 6.10 Å². The van der Waals surface area contributed by atoms with E-state index in [1.54, 1.807) is 26.4 Å². The summed E-state index contributed by atoms with van der Waals surface area (Å²) in [7, 11) is 3.16. The molecule has 0 bridgehead atoms. The largest absolute Gasteiger partial charge is 0.497 e. The standard InChI is InChI=1S/C21H17N3O5S/c1-26-13-8-7-12(16(10-13)27-2)9-18-20(25)24-21(30-18)22-19(23-24)17-11-28-14-5-3-4-6-15(14)29-17/h3-10,17H,11H2,1-2H3/b18-9-. The van der Waals surface area contributed by atoms with Gasteiger partial charge in [0.2, 0.25) is 4.96 Å². The summed E-state index contributed by atoms with van der Waals surface area (Å²) < 4.78 is 24.1. The molecule has 2 aromatic carbocycles. The average molecular weight is 423 g/mol. The van der Waals surface area contributed by atoms with Crippen LogP contribution < -0.4 is 29.0 Å². The highest BCUT2D eigenvalue weighted by atomic mass is 32.1. The Kier molecular flexibility index (Phi) is 4.51. The normalized spacial score (nSPS) is 16.1. The number of nitrogens with zero attached hydrogens (tertiary/aromatic N) is 3. The first-order chi connectivity index (χ1) is 14.7. The molecule has 8 nitrogen and oxygen atoms in total. The van der Waals surface area contributed by atoms with Crippen molar-refractivity contribution >= 4 is 22.4 Å². The van der Waals surface area contributed by atoms with Crippen LogP contribution in [-0.4, -0.2) is 35.4 Å². The fourth-order valence-corrected chi connectivity index (χ4v) is 4.12. The zero-order valence-electron chi connectivity index (χ0n) is 16.2. The molecule has 4 aromatic rings. The average Bonchev–Trinajstić information content (AvgIpc) is 3.33. The van der Waals surface area contributed by atoms with Crippen molar-refractivity contribution in [2.24, 2.45) is 0 Å². The van der Waals surface area contributed by atoms with Gasteiger partial charge in [-0.2, -0.15) is 9.50 Å². The van der Waals surface area contributed by atoms with E-state index in [4.69, 9.17) is 18.9 Å². The number of para-hydroxylation sites is 2. The predicted octanol–water partition coefficient (Wildman–Crippen LogP) is 2.23. The van der Waals surface area contributed by atoms with Crippen molar-refractivity contribution in [3.63, 3.8) is 0 Å². The summed E-state index contributed by atoms with van der Waals surface area (Å²) in [5.41, 5.74) is 0.518. The minimum atomic E-state index is -0.472. The van der Waals surface area contributed by atoms with E-state index in [0.29, 0.717) is 38.3 Å². The first-order valence-electron chi connectivity index (χ1n) is 9.18. The van der Waals surface area contributed by atoms with E-state index in [-0.39, 0.29) is 12.2 Å². The first kappa shape index (κ1) is 18.4. The minimum Gasteiger partial charge on any atom is -0.497 e. The molecule has 1 aliphatic heterocycles. The number of aromatic nitrogens is 3. The van der Waals surface area contributed by atoms with Crippen molar-refractivity contribution in [1.29, 1.82) is 0 Å². The van der Waals surface area contributed by atoms with Crippen LogP contribution in [0.5, 0.6) is 23.0 Å². The maximum absolute atomic E-state index is 12.9. The molecule has 3 heterocycles. The van der Waals surface area contributed by atoms with E-state index in [9.17, 15) is 4.79 Å². The fourth-order valence-electron chi connectivity index (χ4n) is 3.21. The Labute approximate surface area is 174 Å². The van der Waals surface area contributed by atoms with Gasteiger partial charge >= 0.3 is 0 Å². The molecule has 0 N–H and O–H groups in total. The number of fused-ring (bicyclic) bond motifs is 2. The monoisotopic (exact) mass is 423 g/mol. The van der Waals surface area contributed by atoms with E-state index in [0.717, 1.165) is 5.56 Å². The van der Waals surface area contributed by atoms with Crippen LogP contribution in [0, 0.1) is 0 Å². The molecule has 0 saturated carbocycles. The van der Waals surface area contributed by atoms with Crippen LogP contribution in [0.15, 0.2) is 47.3 Å². The molecular formula is C21H17N3O5S. The lowest BCUT2D eigenvalue weighted by atomic mass is 10.2. The van der Waals surface area contributed by atoms with Gasteiger partial charge in [0.25, 0.3) is 5.56 Å². The van der Waals surface area contributed by atoms with Gasteiger partial charge in [0.05, 0.1) is 18.8 Å². The number of thiazole rings is 1. The highest BCUT2D eigenvalue weighted by molar-refractivity contribution is 7.15. The summed E-state index contributed by atoms with van der Waals surface area (Å²) in [6, 6.07) is 12.8. The summed E-state index contributed by atoms with van der Waals surface area (Å²) >= 11 is 1.26. The van der Waals surface area contributed by atoms with Gasteiger partial charge < -0.3 is 18.9 Å². The predicted molar refractivity (Wildman–Crippen MR) is 111 cm³/mol. The van der Waals surface area contributed by atoms with E-state index in [2.05, 4.69) is 10.1 Å². The topological polar surface area (TPSA) is 84.2 Å². The zero-order valence-corrected chi connectivity index (χ0v) is 17.0. The number of rotatable bonds is 4. The third-order valence-corrected chi connectivity index (χ3v) is 5.68. The Morgan fingerprint density at radius 2 is 2.00 bits per heavy atom. The molecule has 0 fully saturated rings. The summed E-state index contributed by atoms with van der Waals surface area (Å²) in [4.78, 5) is 17.8. The van der Waals surface area contributed by atoms with Crippen molar-refractivity contribution < 1.29 is 18.9 Å². The summed E-state index contributed by atoms with van der Waals surface area (Å²) in [5.74, 6) is 3.02. The van der Waals surface area contributed by atoms with Crippen LogP contribution in [0.1, 0.15) is 17.5 Å². The quantitative estimate of drug-likeness (QED) is 0.498. The Hall–Kier alpha value is -3.59. The molecule has 1 unspecified atom stereocenters. The Balaban J connectivity index is 1.49.